The molecule has 0 aliphatic rings. The molecule has 0 aliphatic heterocycles. The smallest absolute Gasteiger partial charge is 0.0540 e. The van der Waals surface area contributed by atoms with E-state index in [0.29, 0.717) is 0 Å². The molecule has 414 valence electrons. The Morgan fingerprint density at radius 1 is 0.136 bits per heavy atom. The molecule has 15 aromatic carbocycles. The summed E-state index contributed by atoms with van der Waals surface area (Å²) in [6.45, 7) is 0. The standard InChI is InChI=1S/C86H60N2/c1-4-25-62(26-5-1)79-40-12-14-42-81(79)83-44-16-18-46-85(83)87(75-35-8-3-9-36-75)76-37-22-33-68(59-76)72-51-53-73-56-70(50-52-74(73)57-72)66-31-20-30-65(55-66)67-32-21-38-77(58-67)88(78-39-23-34-69(60-78)71-49-48-61-24-10-11-29-64(61)54-71)86-47-19-17-45-84(86)82-43-15-13-41-80(82)63-27-6-2-7-28-63/h1-60H. The molecule has 0 N–H and O–H groups in total. The van der Waals surface area contributed by atoms with Gasteiger partial charge < -0.3 is 9.80 Å². The molecule has 0 saturated carbocycles. The van der Waals surface area contributed by atoms with Crippen molar-refractivity contribution in [1.29, 1.82) is 0 Å². The van der Waals surface area contributed by atoms with Crippen LogP contribution < -0.4 is 9.80 Å². The minimum atomic E-state index is 1.07. The largest absolute Gasteiger partial charge is 0.310 e. The highest BCUT2D eigenvalue weighted by Gasteiger charge is 2.22. The lowest BCUT2D eigenvalue weighted by Gasteiger charge is -2.29. The summed E-state index contributed by atoms with van der Waals surface area (Å²) >= 11 is 0. The van der Waals surface area contributed by atoms with Gasteiger partial charge in [-0.05, 0) is 184 Å². The highest BCUT2D eigenvalue weighted by molar-refractivity contribution is 5.98. The zero-order chi connectivity index (χ0) is 58.6. The number of hydrogen-bond acceptors (Lipinski definition) is 2. The van der Waals surface area contributed by atoms with Crippen molar-refractivity contribution in [3.8, 4) is 89.0 Å². The summed E-state index contributed by atoms with van der Waals surface area (Å²) in [6, 6.07) is 132. The number of para-hydroxylation sites is 3. The van der Waals surface area contributed by atoms with Crippen LogP contribution in [0.2, 0.25) is 0 Å². The summed E-state index contributed by atoms with van der Waals surface area (Å²) in [5.41, 5.74) is 25.2. The maximum Gasteiger partial charge on any atom is 0.0540 e. The molecule has 0 aliphatic carbocycles. The van der Waals surface area contributed by atoms with Gasteiger partial charge in [-0.2, -0.15) is 0 Å². The second-order valence-corrected chi connectivity index (χ2v) is 22.4. The van der Waals surface area contributed by atoms with Gasteiger partial charge in [0.05, 0.1) is 11.4 Å². The van der Waals surface area contributed by atoms with Crippen LogP contribution >= 0.6 is 0 Å². The van der Waals surface area contributed by atoms with Crippen molar-refractivity contribution in [1.82, 2.24) is 0 Å². The quantitative estimate of drug-likeness (QED) is 0.107. The van der Waals surface area contributed by atoms with Crippen LogP contribution in [0.25, 0.3) is 111 Å². The number of benzene rings is 15. The Kier molecular flexibility index (Phi) is 14.4. The number of anilines is 6. The Labute approximate surface area is 515 Å². The van der Waals surface area contributed by atoms with Crippen LogP contribution in [0.4, 0.5) is 34.1 Å². The molecular formula is C86H60N2. The van der Waals surface area contributed by atoms with Crippen LogP contribution in [-0.4, -0.2) is 0 Å². The number of hydrogen-bond donors (Lipinski definition) is 0. The fourth-order valence-corrected chi connectivity index (χ4v) is 12.7. The molecule has 0 amide bonds. The van der Waals surface area contributed by atoms with E-state index in [1.54, 1.807) is 0 Å². The van der Waals surface area contributed by atoms with Crippen molar-refractivity contribution in [2.75, 3.05) is 9.80 Å². The average Bonchev–Trinajstić information content (AvgIpc) is 1.49. The first-order valence-electron chi connectivity index (χ1n) is 30.2. The predicted molar refractivity (Wildman–Crippen MR) is 374 cm³/mol. The Morgan fingerprint density at radius 3 is 0.852 bits per heavy atom. The molecule has 15 aromatic rings. The van der Waals surface area contributed by atoms with Crippen LogP contribution in [0.1, 0.15) is 0 Å². The van der Waals surface area contributed by atoms with E-state index in [4.69, 9.17) is 0 Å². The van der Waals surface area contributed by atoms with E-state index >= 15 is 0 Å². The van der Waals surface area contributed by atoms with Crippen LogP contribution in [0, 0.1) is 0 Å². The zero-order valence-electron chi connectivity index (χ0n) is 48.5. The van der Waals surface area contributed by atoms with Gasteiger partial charge >= 0.3 is 0 Å². The summed E-state index contributed by atoms with van der Waals surface area (Å²) in [6.07, 6.45) is 0. The van der Waals surface area contributed by atoms with Gasteiger partial charge in [0.1, 0.15) is 0 Å². The number of nitrogens with zero attached hydrogens (tertiary/aromatic N) is 2. The second-order valence-electron chi connectivity index (χ2n) is 22.4. The topological polar surface area (TPSA) is 6.48 Å². The first kappa shape index (κ1) is 53.2. The Hall–Kier alpha value is -11.6. The Morgan fingerprint density at radius 2 is 0.409 bits per heavy atom. The van der Waals surface area contributed by atoms with Crippen molar-refractivity contribution < 1.29 is 0 Å². The molecule has 0 atom stereocenters. The van der Waals surface area contributed by atoms with Crippen molar-refractivity contribution in [2.45, 2.75) is 0 Å². The molecule has 0 spiro atoms. The van der Waals surface area contributed by atoms with E-state index in [1.807, 2.05) is 0 Å². The van der Waals surface area contributed by atoms with Gasteiger partial charge in [-0.1, -0.05) is 279 Å². The Bertz CT molecular complexity index is 4990. The van der Waals surface area contributed by atoms with Crippen molar-refractivity contribution >= 4 is 55.7 Å². The fraction of sp³-hybridized carbons (Fsp3) is 0. The van der Waals surface area contributed by atoms with Gasteiger partial charge in [0, 0.05) is 33.9 Å². The normalized spacial score (nSPS) is 11.2. The highest BCUT2D eigenvalue weighted by atomic mass is 15.1. The highest BCUT2D eigenvalue weighted by Crippen LogP contribution is 2.47. The van der Waals surface area contributed by atoms with E-state index in [-0.39, 0.29) is 0 Å². The molecular weight excluding hydrogens is 1060 g/mol. The third kappa shape index (κ3) is 10.6. The maximum atomic E-state index is 2.44. The summed E-state index contributed by atoms with van der Waals surface area (Å²) in [7, 11) is 0. The van der Waals surface area contributed by atoms with Crippen LogP contribution in [0.5, 0.6) is 0 Å². The molecule has 0 fully saturated rings. The first-order valence-corrected chi connectivity index (χ1v) is 30.2. The van der Waals surface area contributed by atoms with E-state index in [1.165, 1.54) is 66.1 Å². The molecule has 0 bridgehead atoms. The lowest BCUT2D eigenvalue weighted by Crippen LogP contribution is -2.11. The predicted octanol–water partition coefficient (Wildman–Crippen LogP) is 24.3. The molecule has 2 heteroatoms. The molecule has 0 aromatic heterocycles. The van der Waals surface area contributed by atoms with E-state index in [9.17, 15) is 0 Å². The van der Waals surface area contributed by atoms with Crippen LogP contribution in [0.3, 0.4) is 0 Å². The second kappa shape index (κ2) is 23.8. The molecule has 0 saturated heterocycles. The SMILES string of the molecule is c1ccc(-c2ccccc2-c2ccccc2N(c2ccccc2)c2cccc(-c3ccc4cc(-c5cccc(-c6cccc(N(c7cccc(-c8ccc9ccccc9c8)c7)c7ccccc7-c7ccccc7-c7ccccc7)c6)c5)ccc4c3)c2)cc1. The third-order valence-corrected chi connectivity index (χ3v) is 17.0. The summed E-state index contributed by atoms with van der Waals surface area (Å²) < 4.78 is 0. The maximum absolute atomic E-state index is 2.44. The monoisotopic (exact) mass is 1120 g/mol. The lowest BCUT2D eigenvalue weighted by atomic mass is 9.92. The minimum Gasteiger partial charge on any atom is -0.310 e. The minimum absolute atomic E-state index is 1.07. The van der Waals surface area contributed by atoms with Gasteiger partial charge in [0.25, 0.3) is 0 Å². The van der Waals surface area contributed by atoms with Gasteiger partial charge in [0.15, 0.2) is 0 Å². The van der Waals surface area contributed by atoms with Crippen molar-refractivity contribution in [3.63, 3.8) is 0 Å². The van der Waals surface area contributed by atoms with Crippen LogP contribution in [-0.2, 0) is 0 Å². The van der Waals surface area contributed by atoms with E-state index in [0.717, 1.165) is 78.6 Å². The van der Waals surface area contributed by atoms with Gasteiger partial charge in [-0.3, -0.25) is 0 Å². The molecule has 0 unspecified atom stereocenters. The number of rotatable bonds is 14. The molecule has 0 heterocycles. The van der Waals surface area contributed by atoms with Gasteiger partial charge in [-0.25, -0.2) is 0 Å². The molecule has 0 radical (unpaired) electrons. The number of fused-ring (bicyclic) bond motifs is 2. The average molecular weight is 1120 g/mol. The van der Waals surface area contributed by atoms with Crippen molar-refractivity contribution in [3.05, 3.63) is 364 Å². The van der Waals surface area contributed by atoms with E-state index in [2.05, 4.69) is 374 Å². The van der Waals surface area contributed by atoms with Gasteiger partial charge in [0.2, 0.25) is 0 Å². The Balaban J connectivity index is 0.766. The zero-order valence-corrected chi connectivity index (χ0v) is 48.5. The first-order chi connectivity index (χ1) is 43.6. The van der Waals surface area contributed by atoms with Gasteiger partial charge in [-0.15, -0.1) is 0 Å². The molecule has 2 nitrogen and oxygen atoms in total. The molecule has 88 heavy (non-hydrogen) atoms. The fourth-order valence-electron chi connectivity index (χ4n) is 12.7. The summed E-state index contributed by atoms with van der Waals surface area (Å²) in [5, 5.41) is 4.84. The lowest BCUT2D eigenvalue weighted by molar-refractivity contribution is 1.28. The van der Waals surface area contributed by atoms with E-state index < -0.39 is 0 Å². The van der Waals surface area contributed by atoms with Crippen molar-refractivity contribution in [2.24, 2.45) is 0 Å². The summed E-state index contributed by atoms with van der Waals surface area (Å²) in [5.74, 6) is 0. The van der Waals surface area contributed by atoms with Crippen LogP contribution in [0.15, 0.2) is 364 Å². The summed E-state index contributed by atoms with van der Waals surface area (Å²) in [4.78, 5) is 4.83. The molecule has 15 rings (SSSR count). The third-order valence-electron chi connectivity index (χ3n) is 17.0.